The highest BCUT2D eigenvalue weighted by Gasteiger charge is 2.43. The summed E-state index contributed by atoms with van der Waals surface area (Å²) < 4.78 is 11.5. The minimum Gasteiger partial charge on any atom is -0.490 e. The number of para-hydroxylation sites is 1. The summed E-state index contributed by atoms with van der Waals surface area (Å²) in [6.07, 6.45) is 6.28. The van der Waals surface area contributed by atoms with Gasteiger partial charge in [-0.25, -0.2) is 4.98 Å². The minimum absolute atomic E-state index is 0.127. The lowest BCUT2D eigenvalue weighted by Gasteiger charge is -2.40. The number of carbonyl (C=O) groups excluding carboxylic acids is 2. The molecule has 4 rings (SSSR count). The standard InChI is InChI=1S/C24H27ClN2O4/c25-19-8-9-20(26-17-19)22(28)27-13-11-24(12-14-27)10-4-3-6-18-5-1-2-7-21(18)30-15-16-31-23(24)29/h1-2,5,7-9,17H,3-4,6,10-16H2. The Hall–Kier alpha value is -2.60. The first-order valence-electron chi connectivity index (χ1n) is 10.9. The van der Waals surface area contributed by atoms with Crippen LogP contribution in [-0.4, -0.2) is 48.1 Å². The van der Waals surface area contributed by atoms with Crippen LogP contribution in [0.4, 0.5) is 0 Å². The van der Waals surface area contributed by atoms with Gasteiger partial charge >= 0.3 is 5.97 Å². The third-order valence-corrected chi connectivity index (χ3v) is 6.51. The molecule has 1 aromatic heterocycles. The second kappa shape index (κ2) is 9.69. The van der Waals surface area contributed by atoms with Gasteiger partial charge in [0.15, 0.2) is 0 Å². The van der Waals surface area contributed by atoms with Crippen LogP contribution in [0.1, 0.15) is 48.2 Å². The van der Waals surface area contributed by atoms with Crippen molar-refractivity contribution in [2.75, 3.05) is 26.3 Å². The summed E-state index contributed by atoms with van der Waals surface area (Å²) in [5.74, 6) is 0.580. The van der Waals surface area contributed by atoms with Crippen LogP contribution in [0.25, 0.3) is 0 Å². The summed E-state index contributed by atoms with van der Waals surface area (Å²) in [4.78, 5) is 31.7. The quantitative estimate of drug-likeness (QED) is 0.615. The highest BCUT2D eigenvalue weighted by Crippen LogP contribution is 2.39. The number of hydrogen-bond acceptors (Lipinski definition) is 5. The molecule has 0 bridgehead atoms. The molecule has 0 unspecified atom stereocenters. The second-order valence-electron chi connectivity index (χ2n) is 8.23. The zero-order chi connectivity index (χ0) is 21.7. The Labute approximate surface area is 187 Å². The molecule has 1 amide bonds. The van der Waals surface area contributed by atoms with Crippen LogP contribution in [0.5, 0.6) is 5.75 Å². The van der Waals surface area contributed by atoms with Crippen molar-refractivity contribution < 1.29 is 19.1 Å². The van der Waals surface area contributed by atoms with Crippen LogP contribution in [0.15, 0.2) is 42.6 Å². The number of carbonyl (C=O) groups is 2. The summed E-state index contributed by atoms with van der Waals surface area (Å²) in [6, 6.07) is 11.3. The number of nitrogens with zero attached hydrogens (tertiary/aromatic N) is 2. The maximum atomic E-state index is 13.0. The monoisotopic (exact) mass is 442 g/mol. The van der Waals surface area contributed by atoms with E-state index in [1.807, 2.05) is 18.2 Å². The van der Waals surface area contributed by atoms with Gasteiger partial charge in [-0.3, -0.25) is 9.59 Å². The van der Waals surface area contributed by atoms with E-state index in [1.165, 1.54) is 11.8 Å². The number of hydrogen-bond donors (Lipinski definition) is 0. The smallest absolute Gasteiger partial charge is 0.312 e. The maximum Gasteiger partial charge on any atom is 0.312 e. The van der Waals surface area contributed by atoms with E-state index in [0.717, 1.165) is 31.4 Å². The first-order chi connectivity index (χ1) is 15.1. The van der Waals surface area contributed by atoms with Gasteiger partial charge in [-0.05, 0) is 55.9 Å². The Kier molecular flexibility index (Phi) is 6.76. The lowest BCUT2D eigenvalue weighted by atomic mass is 9.74. The Morgan fingerprint density at radius 2 is 1.77 bits per heavy atom. The summed E-state index contributed by atoms with van der Waals surface area (Å²) in [6.45, 7) is 1.59. The molecule has 31 heavy (non-hydrogen) atoms. The number of benzene rings is 1. The number of likely N-dealkylation sites (tertiary alicyclic amines) is 1. The van der Waals surface area contributed by atoms with Gasteiger partial charge in [0, 0.05) is 19.3 Å². The third kappa shape index (κ3) is 5.01. The van der Waals surface area contributed by atoms with Crippen molar-refractivity contribution in [3.05, 3.63) is 58.9 Å². The van der Waals surface area contributed by atoms with Crippen LogP contribution in [0.2, 0.25) is 5.02 Å². The molecule has 3 heterocycles. The Morgan fingerprint density at radius 1 is 1.00 bits per heavy atom. The second-order valence-corrected chi connectivity index (χ2v) is 8.67. The van der Waals surface area contributed by atoms with E-state index in [-0.39, 0.29) is 18.5 Å². The van der Waals surface area contributed by atoms with E-state index < -0.39 is 5.41 Å². The van der Waals surface area contributed by atoms with Crippen LogP contribution in [0, 0.1) is 5.41 Å². The lowest BCUT2D eigenvalue weighted by molar-refractivity contribution is -0.160. The summed E-state index contributed by atoms with van der Waals surface area (Å²) in [5, 5.41) is 0.497. The molecule has 1 fully saturated rings. The van der Waals surface area contributed by atoms with Crippen molar-refractivity contribution in [2.24, 2.45) is 5.41 Å². The first-order valence-corrected chi connectivity index (χ1v) is 11.2. The number of cyclic esters (lactones) is 1. The third-order valence-electron chi connectivity index (χ3n) is 6.29. The fourth-order valence-electron chi connectivity index (χ4n) is 4.43. The van der Waals surface area contributed by atoms with E-state index >= 15 is 0 Å². The van der Waals surface area contributed by atoms with E-state index in [1.54, 1.807) is 17.0 Å². The predicted octanol–water partition coefficient (Wildman–Crippen LogP) is 4.31. The highest BCUT2D eigenvalue weighted by atomic mass is 35.5. The van der Waals surface area contributed by atoms with Gasteiger partial charge in [-0.2, -0.15) is 0 Å². The van der Waals surface area contributed by atoms with Crippen LogP contribution < -0.4 is 4.74 Å². The van der Waals surface area contributed by atoms with Crippen LogP contribution >= 0.6 is 11.6 Å². The fraction of sp³-hybridized carbons (Fsp3) is 0.458. The van der Waals surface area contributed by atoms with Gasteiger partial charge in [-0.1, -0.05) is 36.2 Å². The van der Waals surface area contributed by atoms with Crippen LogP contribution in [-0.2, 0) is 16.0 Å². The number of pyridine rings is 1. The lowest BCUT2D eigenvalue weighted by Crippen LogP contribution is -2.47. The fourth-order valence-corrected chi connectivity index (χ4v) is 4.54. The van der Waals surface area contributed by atoms with Gasteiger partial charge in [0.1, 0.15) is 24.7 Å². The molecular formula is C24H27ClN2O4. The molecule has 2 aliphatic rings. The zero-order valence-electron chi connectivity index (χ0n) is 17.5. The number of halogens is 1. The molecule has 0 atom stereocenters. The molecule has 0 N–H and O–H groups in total. The highest BCUT2D eigenvalue weighted by molar-refractivity contribution is 6.30. The molecule has 1 aromatic carbocycles. The molecule has 0 radical (unpaired) electrons. The molecule has 2 aliphatic heterocycles. The average molecular weight is 443 g/mol. The largest absolute Gasteiger partial charge is 0.490 e. The van der Waals surface area contributed by atoms with Crippen molar-refractivity contribution in [1.82, 2.24) is 9.88 Å². The summed E-state index contributed by atoms with van der Waals surface area (Å²) in [5.41, 5.74) is 1.03. The maximum absolute atomic E-state index is 13.0. The number of aromatic nitrogens is 1. The van der Waals surface area contributed by atoms with E-state index in [4.69, 9.17) is 21.1 Å². The number of esters is 1. The molecule has 2 aromatic rings. The number of fused-ring (bicyclic) bond motifs is 1. The molecule has 7 heteroatoms. The number of aryl methyl sites for hydroxylation is 1. The number of rotatable bonds is 1. The molecule has 164 valence electrons. The molecule has 1 spiro atoms. The van der Waals surface area contributed by atoms with Gasteiger partial charge in [0.2, 0.25) is 0 Å². The molecular weight excluding hydrogens is 416 g/mol. The normalized spacial score (nSPS) is 19.4. The van der Waals surface area contributed by atoms with E-state index in [9.17, 15) is 9.59 Å². The van der Waals surface area contributed by atoms with Crippen LogP contribution in [0.3, 0.4) is 0 Å². The molecule has 0 saturated carbocycles. The zero-order valence-corrected chi connectivity index (χ0v) is 18.3. The van der Waals surface area contributed by atoms with Crippen molar-refractivity contribution >= 4 is 23.5 Å². The van der Waals surface area contributed by atoms with Crippen molar-refractivity contribution in [3.63, 3.8) is 0 Å². The van der Waals surface area contributed by atoms with Gasteiger partial charge < -0.3 is 14.4 Å². The SMILES string of the molecule is O=C(c1ccc(Cl)cn1)N1CCC2(CCCCc3ccccc3OCCOC2=O)CC1. The first kappa shape index (κ1) is 21.6. The number of piperidine rings is 1. The topological polar surface area (TPSA) is 68.7 Å². The number of ether oxygens (including phenoxy) is 2. The predicted molar refractivity (Wildman–Crippen MR) is 117 cm³/mol. The van der Waals surface area contributed by atoms with Crippen molar-refractivity contribution in [1.29, 1.82) is 0 Å². The van der Waals surface area contributed by atoms with E-state index in [2.05, 4.69) is 11.1 Å². The van der Waals surface area contributed by atoms with Crippen molar-refractivity contribution in [2.45, 2.75) is 38.5 Å². The van der Waals surface area contributed by atoms with Crippen molar-refractivity contribution in [3.8, 4) is 5.75 Å². The minimum atomic E-state index is -0.539. The molecule has 0 aliphatic carbocycles. The summed E-state index contributed by atoms with van der Waals surface area (Å²) in [7, 11) is 0. The Balaban J connectivity index is 1.41. The average Bonchev–Trinajstić information content (AvgIpc) is 2.80. The van der Waals surface area contributed by atoms with Gasteiger partial charge in [0.05, 0.1) is 10.4 Å². The summed E-state index contributed by atoms with van der Waals surface area (Å²) >= 11 is 5.87. The number of amides is 1. The Morgan fingerprint density at radius 3 is 2.55 bits per heavy atom. The van der Waals surface area contributed by atoms with Gasteiger partial charge in [0.25, 0.3) is 5.91 Å². The van der Waals surface area contributed by atoms with Gasteiger partial charge in [-0.15, -0.1) is 0 Å². The molecule has 6 nitrogen and oxygen atoms in total. The molecule has 1 saturated heterocycles. The van der Waals surface area contributed by atoms with E-state index in [0.29, 0.717) is 43.3 Å². The Bertz CT molecular complexity index is 923.